The topological polar surface area (TPSA) is 75.4 Å². The molecule has 1 aromatic carbocycles. The van der Waals surface area contributed by atoms with E-state index in [0.717, 1.165) is 4.90 Å². The highest BCUT2D eigenvalue weighted by molar-refractivity contribution is 6.31. The Balaban J connectivity index is 2.43. The van der Waals surface area contributed by atoms with E-state index in [0.29, 0.717) is 22.0 Å². The molecule has 0 fully saturated rings. The van der Waals surface area contributed by atoms with Crippen molar-refractivity contribution in [2.75, 3.05) is 11.4 Å². The number of aliphatic carboxylic acids is 1. The van der Waals surface area contributed by atoms with Gasteiger partial charge in [0.25, 0.3) is 5.91 Å². The van der Waals surface area contributed by atoms with Crippen molar-refractivity contribution in [3.05, 3.63) is 46.7 Å². The summed E-state index contributed by atoms with van der Waals surface area (Å²) >= 11 is 5.91. The van der Waals surface area contributed by atoms with Gasteiger partial charge in [0.15, 0.2) is 0 Å². The number of anilines is 1. The lowest BCUT2D eigenvalue weighted by molar-refractivity contribution is -0.135. The average molecular weight is 308 g/mol. The molecule has 1 amide bonds. The monoisotopic (exact) mass is 307 g/mol. The fourth-order valence-electron chi connectivity index (χ4n) is 2.01. The van der Waals surface area contributed by atoms with Gasteiger partial charge in [-0.1, -0.05) is 17.7 Å². The Hall–Kier alpha value is -2.34. The molecule has 0 aliphatic heterocycles. The number of aromatic nitrogens is 2. The van der Waals surface area contributed by atoms with Crippen molar-refractivity contribution < 1.29 is 14.7 Å². The van der Waals surface area contributed by atoms with E-state index >= 15 is 0 Å². The molecule has 0 radical (unpaired) electrons. The zero-order valence-electron chi connectivity index (χ0n) is 11.6. The number of hydrogen-bond acceptors (Lipinski definition) is 3. The van der Waals surface area contributed by atoms with Gasteiger partial charge in [0.1, 0.15) is 6.54 Å². The molecule has 0 spiro atoms. The van der Waals surface area contributed by atoms with Gasteiger partial charge in [0.2, 0.25) is 0 Å². The molecule has 0 bridgehead atoms. The first kappa shape index (κ1) is 15.1. The molecule has 0 saturated carbocycles. The van der Waals surface area contributed by atoms with Crippen molar-refractivity contribution in [3.63, 3.8) is 0 Å². The quantitative estimate of drug-likeness (QED) is 0.938. The summed E-state index contributed by atoms with van der Waals surface area (Å²) in [6.07, 6.45) is 1.57. The van der Waals surface area contributed by atoms with Gasteiger partial charge in [-0.05, 0) is 25.1 Å². The number of halogens is 1. The lowest BCUT2D eigenvalue weighted by atomic mass is 10.2. The fraction of sp³-hybridized carbons (Fsp3) is 0.214. The van der Waals surface area contributed by atoms with Crippen LogP contribution in [0.2, 0.25) is 5.02 Å². The summed E-state index contributed by atoms with van der Waals surface area (Å²) < 4.78 is 1.51. The summed E-state index contributed by atoms with van der Waals surface area (Å²) in [5, 5.41) is 13.6. The first-order chi connectivity index (χ1) is 9.88. The van der Waals surface area contributed by atoms with E-state index in [4.69, 9.17) is 16.7 Å². The molecule has 7 heteroatoms. The smallest absolute Gasteiger partial charge is 0.323 e. The molecule has 1 aromatic heterocycles. The summed E-state index contributed by atoms with van der Waals surface area (Å²) in [4.78, 5) is 24.8. The Morgan fingerprint density at radius 3 is 2.67 bits per heavy atom. The predicted octanol–water partition coefficient (Wildman–Crippen LogP) is 2.11. The molecule has 0 atom stereocenters. The third kappa shape index (κ3) is 3.41. The van der Waals surface area contributed by atoms with Crippen molar-refractivity contribution in [1.29, 1.82) is 0 Å². The molecule has 0 saturated heterocycles. The number of nitrogens with zero attached hydrogens (tertiary/aromatic N) is 3. The minimum atomic E-state index is -1.11. The van der Waals surface area contributed by atoms with E-state index in [2.05, 4.69) is 5.10 Å². The normalized spacial score (nSPS) is 10.4. The molecule has 0 aliphatic carbocycles. The number of hydrogen-bond donors (Lipinski definition) is 1. The van der Waals surface area contributed by atoms with Gasteiger partial charge >= 0.3 is 5.97 Å². The Morgan fingerprint density at radius 1 is 1.43 bits per heavy atom. The number of carbonyl (C=O) groups excluding carboxylic acids is 1. The third-order valence-corrected chi connectivity index (χ3v) is 3.14. The van der Waals surface area contributed by atoms with E-state index in [9.17, 15) is 9.59 Å². The van der Waals surface area contributed by atoms with Crippen LogP contribution in [-0.2, 0) is 11.8 Å². The molecule has 2 aromatic rings. The second kappa shape index (κ2) is 5.97. The van der Waals surface area contributed by atoms with E-state index in [1.807, 2.05) is 0 Å². The highest BCUT2D eigenvalue weighted by Gasteiger charge is 2.23. The van der Waals surface area contributed by atoms with Crippen LogP contribution in [0.3, 0.4) is 0 Å². The molecule has 6 nitrogen and oxygen atoms in total. The molecule has 110 valence electrons. The van der Waals surface area contributed by atoms with Crippen LogP contribution < -0.4 is 4.90 Å². The first-order valence-electron chi connectivity index (χ1n) is 6.18. The minimum Gasteiger partial charge on any atom is -0.480 e. The van der Waals surface area contributed by atoms with Crippen LogP contribution in [-0.4, -0.2) is 33.3 Å². The number of carboxylic acid groups (broad SMARTS) is 1. The Morgan fingerprint density at radius 2 is 2.14 bits per heavy atom. The molecule has 0 aliphatic rings. The summed E-state index contributed by atoms with van der Waals surface area (Å²) in [5.74, 6) is -1.53. The second-order valence-corrected chi connectivity index (χ2v) is 5.00. The molecule has 2 rings (SSSR count). The molecule has 0 unspecified atom stereocenters. The van der Waals surface area contributed by atoms with E-state index in [1.165, 1.54) is 4.68 Å². The van der Waals surface area contributed by atoms with Crippen LogP contribution in [0.5, 0.6) is 0 Å². The number of rotatable bonds is 4. The molecule has 1 N–H and O–H groups in total. The van der Waals surface area contributed by atoms with Crippen molar-refractivity contribution in [2.45, 2.75) is 6.92 Å². The SMILES string of the molecule is Cc1nn(C)cc1C(=O)N(CC(=O)O)c1cccc(Cl)c1. The number of aryl methyl sites for hydroxylation is 2. The Labute approximate surface area is 126 Å². The van der Waals surface area contributed by atoms with Crippen molar-refractivity contribution in [2.24, 2.45) is 7.05 Å². The largest absolute Gasteiger partial charge is 0.480 e. The maximum atomic E-state index is 12.6. The van der Waals surface area contributed by atoms with Crippen LogP contribution in [0.25, 0.3) is 0 Å². The lowest BCUT2D eigenvalue weighted by Crippen LogP contribution is -2.35. The molecular formula is C14H14ClN3O3. The second-order valence-electron chi connectivity index (χ2n) is 4.57. The van der Waals surface area contributed by atoms with E-state index in [-0.39, 0.29) is 0 Å². The van der Waals surface area contributed by atoms with Crippen molar-refractivity contribution in [3.8, 4) is 0 Å². The molecular weight excluding hydrogens is 294 g/mol. The van der Waals surface area contributed by atoms with Gasteiger partial charge in [-0.15, -0.1) is 0 Å². The lowest BCUT2D eigenvalue weighted by Gasteiger charge is -2.20. The summed E-state index contributed by atoms with van der Waals surface area (Å²) in [5.41, 5.74) is 1.33. The van der Waals surface area contributed by atoms with Gasteiger partial charge in [-0.3, -0.25) is 19.2 Å². The zero-order valence-corrected chi connectivity index (χ0v) is 12.3. The summed E-state index contributed by atoms with van der Waals surface area (Å²) in [7, 11) is 1.70. The summed E-state index contributed by atoms with van der Waals surface area (Å²) in [6.45, 7) is 1.25. The Bertz CT molecular complexity index is 697. The third-order valence-electron chi connectivity index (χ3n) is 2.90. The van der Waals surface area contributed by atoms with Gasteiger partial charge in [-0.25, -0.2) is 0 Å². The Kier molecular flexibility index (Phi) is 4.28. The van der Waals surface area contributed by atoms with Crippen molar-refractivity contribution >= 4 is 29.2 Å². The van der Waals surface area contributed by atoms with Crippen molar-refractivity contribution in [1.82, 2.24) is 9.78 Å². The number of benzene rings is 1. The standard InChI is InChI=1S/C14H14ClN3O3/c1-9-12(7-17(2)16-9)14(21)18(8-13(19)20)11-5-3-4-10(15)6-11/h3-7H,8H2,1-2H3,(H,19,20). The highest BCUT2D eigenvalue weighted by Crippen LogP contribution is 2.22. The molecule has 1 heterocycles. The van der Waals surface area contributed by atoms with Crippen LogP contribution >= 0.6 is 11.6 Å². The average Bonchev–Trinajstić information content (AvgIpc) is 2.74. The zero-order chi connectivity index (χ0) is 15.6. The van der Waals surface area contributed by atoms with Crippen LogP contribution in [0.1, 0.15) is 16.1 Å². The maximum Gasteiger partial charge on any atom is 0.323 e. The minimum absolute atomic E-state index is 0.360. The van der Waals surface area contributed by atoms with E-state index in [1.54, 1.807) is 44.4 Å². The number of carboxylic acids is 1. The fourth-order valence-corrected chi connectivity index (χ4v) is 2.20. The van der Waals surface area contributed by atoms with Gasteiger partial charge in [-0.2, -0.15) is 5.10 Å². The van der Waals surface area contributed by atoms with Crippen LogP contribution in [0, 0.1) is 6.92 Å². The number of amides is 1. The maximum absolute atomic E-state index is 12.6. The predicted molar refractivity (Wildman–Crippen MR) is 78.7 cm³/mol. The van der Waals surface area contributed by atoms with Crippen LogP contribution in [0.4, 0.5) is 5.69 Å². The van der Waals surface area contributed by atoms with Gasteiger partial charge in [0, 0.05) is 24.0 Å². The van der Waals surface area contributed by atoms with Crippen LogP contribution in [0.15, 0.2) is 30.5 Å². The highest BCUT2D eigenvalue weighted by atomic mass is 35.5. The first-order valence-corrected chi connectivity index (χ1v) is 6.55. The molecule has 21 heavy (non-hydrogen) atoms. The van der Waals surface area contributed by atoms with Gasteiger partial charge in [0.05, 0.1) is 11.3 Å². The number of carbonyl (C=O) groups is 2. The van der Waals surface area contributed by atoms with E-state index < -0.39 is 18.4 Å². The van der Waals surface area contributed by atoms with Gasteiger partial charge < -0.3 is 5.11 Å². The summed E-state index contributed by atoms with van der Waals surface area (Å²) in [6, 6.07) is 6.51.